The van der Waals surface area contributed by atoms with Crippen LogP contribution in [0.15, 0.2) is 22.8 Å². The first-order valence-electron chi connectivity index (χ1n) is 9.78. The minimum absolute atomic E-state index is 0.0445. The van der Waals surface area contributed by atoms with Crippen LogP contribution in [-0.4, -0.2) is 68.4 Å². The molecule has 4 rings (SSSR count). The predicted octanol–water partition coefficient (Wildman–Crippen LogP) is 2.93. The first-order valence-corrected chi connectivity index (χ1v) is 10.6. The summed E-state index contributed by atoms with van der Waals surface area (Å²) >= 11 is 3.50. The molecule has 0 bridgehead atoms. The summed E-state index contributed by atoms with van der Waals surface area (Å²) in [6.07, 6.45) is 4.74. The fraction of sp³-hybridized carbons (Fsp3) is 0.550. The van der Waals surface area contributed by atoms with Crippen LogP contribution in [0.4, 0.5) is 5.82 Å². The highest BCUT2D eigenvalue weighted by Gasteiger charge is 2.24. The van der Waals surface area contributed by atoms with E-state index in [1.165, 1.54) is 7.11 Å². The number of carbonyl (C=O) groups excluding carboxylic acids is 1. The SMILES string of the molecule is COC(=O)c1cc(Br)c2nc(N3CCOC(COC4CCCCO4)C3)cnc2c1. The van der Waals surface area contributed by atoms with Gasteiger partial charge in [-0.05, 0) is 47.3 Å². The third-order valence-electron chi connectivity index (χ3n) is 5.08. The average Bonchev–Trinajstić information content (AvgIpc) is 2.77. The maximum atomic E-state index is 11.8. The monoisotopic (exact) mass is 465 g/mol. The first kappa shape index (κ1) is 20.5. The molecule has 1 aromatic heterocycles. The molecule has 29 heavy (non-hydrogen) atoms. The van der Waals surface area contributed by atoms with Crippen molar-refractivity contribution in [2.45, 2.75) is 31.7 Å². The molecule has 3 heterocycles. The molecular weight excluding hydrogens is 442 g/mol. The van der Waals surface area contributed by atoms with Crippen LogP contribution in [-0.2, 0) is 18.9 Å². The van der Waals surface area contributed by atoms with Crippen LogP contribution in [0, 0.1) is 0 Å². The van der Waals surface area contributed by atoms with Gasteiger partial charge in [0.1, 0.15) is 11.3 Å². The van der Waals surface area contributed by atoms with Crippen molar-refractivity contribution in [1.82, 2.24) is 9.97 Å². The van der Waals surface area contributed by atoms with Gasteiger partial charge >= 0.3 is 5.97 Å². The molecule has 2 aromatic rings. The second-order valence-corrected chi connectivity index (χ2v) is 7.97. The second-order valence-electron chi connectivity index (χ2n) is 7.11. The van der Waals surface area contributed by atoms with E-state index < -0.39 is 5.97 Å². The number of benzene rings is 1. The summed E-state index contributed by atoms with van der Waals surface area (Å²) in [7, 11) is 1.36. The average molecular weight is 466 g/mol. The summed E-state index contributed by atoms with van der Waals surface area (Å²) < 4.78 is 22.8. The Labute approximate surface area is 177 Å². The van der Waals surface area contributed by atoms with E-state index in [0.717, 1.165) is 38.2 Å². The molecule has 0 radical (unpaired) electrons. The van der Waals surface area contributed by atoms with Crippen molar-refractivity contribution in [3.05, 3.63) is 28.4 Å². The normalized spacial score (nSPS) is 22.6. The van der Waals surface area contributed by atoms with Crippen molar-refractivity contribution in [3.8, 4) is 0 Å². The van der Waals surface area contributed by atoms with Gasteiger partial charge in [0.15, 0.2) is 6.29 Å². The zero-order valence-electron chi connectivity index (χ0n) is 16.3. The molecule has 2 fully saturated rings. The molecule has 156 valence electrons. The fourth-order valence-electron chi connectivity index (χ4n) is 3.54. The first-order chi connectivity index (χ1) is 14.1. The third-order valence-corrected chi connectivity index (χ3v) is 5.68. The van der Waals surface area contributed by atoms with E-state index in [2.05, 4.69) is 25.8 Å². The van der Waals surface area contributed by atoms with Crippen molar-refractivity contribution < 1.29 is 23.7 Å². The molecule has 2 aliphatic heterocycles. The van der Waals surface area contributed by atoms with E-state index in [1.54, 1.807) is 18.3 Å². The summed E-state index contributed by atoms with van der Waals surface area (Å²) in [6.45, 7) is 3.26. The van der Waals surface area contributed by atoms with Crippen LogP contribution in [0.3, 0.4) is 0 Å². The number of aromatic nitrogens is 2. The van der Waals surface area contributed by atoms with Crippen LogP contribution in [0.1, 0.15) is 29.6 Å². The lowest BCUT2D eigenvalue weighted by atomic mass is 10.2. The number of hydrogen-bond donors (Lipinski definition) is 0. The predicted molar refractivity (Wildman–Crippen MR) is 110 cm³/mol. The van der Waals surface area contributed by atoms with Gasteiger partial charge in [-0.1, -0.05) is 0 Å². The van der Waals surface area contributed by atoms with Crippen molar-refractivity contribution in [2.75, 3.05) is 44.9 Å². The van der Waals surface area contributed by atoms with Gasteiger partial charge in [0.05, 0.1) is 43.7 Å². The van der Waals surface area contributed by atoms with Crippen molar-refractivity contribution in [1.29, 1.82) is 0 Å². The van der Waals surface area contributed by atoms with Gasteiger partial charge in [-0.3, -0.25) is 4.98 Å². The highest BCUT2D eigenvalue weighted by atomic mass is 79.9. The molecule has 0 saturated carbocycles. The Morgan fingerprint density at radius 1 is 1.31 bits per heavy atom. The van der Waals surface area contributed by atoms with Gasteiger partial charge in [-0.2, -0.15) is 0 Å². The maximum Gasteiger partial charge on any atom is 0.337 e. The number of halogens is 1. The van der Waals surface area contributed by atoms with Gasteiger partial charge in [0.25, 0.3) is 0 Å². The Morgan fingerprint density at radius 2 is 2.21 bits per heavy atom. The summed E-state index contributed by atoms with van der Waals surface area (Å²) in [5.41, 5.74) is 1.76. The number of ether oxygens (including phenoxy) is 4. The van der Waals surface area contributed by atoms with E-state index in [1.807, 2.05) is 0 Å². The molecule has 8 nitrogen and oxygen atoms in total. The zero-order valence-corrected chi connectivity index (χ0v) is 17.9. The summed E-state index contributed by atoms with van der Waals surface area (Å²) in [5, 5.41) is 0. The van der Waals surface area contributed by atoms with Crippen LogP contribution in [0.2, 0.25) is 0 Å². The lowest BCUT2D eigenvalue weighted by Crippen LogP contribution is -2.45. The van der Waals surface area contributed by atoms with Gasteiger partial charge in [-0.25, -0.2) is 9.78 Å². The maximum absolute atomic E-state index is 11.8. The Kier molecular flexibility index (Phi) is 6.59. The van der Waals surface area contributed by atoms with E-state index in [4.69, 9.17) is 23.9 Å². The zero-order chi connectivity index (χ0) is 20.2. The van der Waals surface area contributed by atoms with Gasteiger partial charge < -0.3 is 23.8 Å². The summed E-state index contributed by atoms with van der Waals surface area (Å²) in [5.74, 6) is 0.364. The molecule has 0 N–H and O–H groups in total. The molecule has 2 saturated heterocycles. The van der Waals surface area contributed by atoms with Crippen molar-refractivity contribution in [3.63, 3.8) is 0 Å². The molecule has 9 heteroatoms. The number of fused-ring (bicyclic) bond motifs is 1. The smallest absolute Gasteiger partial charge is 0.337 e. The highest BCUT2D eigenvalue weighted by Crippen LogP contribution is 2.26. The topological polar surface area (TPSA) is 83.0 Å². The fourth-order valence-corrected chi connectivity index (χ4v) is 4.08. The minimum Gasteiger partial charge on any atom is -0.465 e. The number of esters is 1. The number of anilines is 1. The number of hydrogen-bond acceptors (Lipinski definition) is 8. The van der Waals surface area contributed by atoms with Crippen molar-refractivity contribution >= 4 is 38.8 Å². The molecule has 1 aromatic carbocycles. The Morgan fingerprint density at radius 3 is 3.00 bits per heavy atom. The van der Waals surface area contributed by atoms with Crippen LogP contribution in [0.5, 0.6) is 0 Å². The largest absolute Gasteiger partial charge is 0.465 e. The number of morpholine rings is 1. The quantitative estimate of drug-likeness (QED) is 0.623. The molecule has 0 aliphatic carbocycles. The standard InChI is InChI=1S/C20H24BrN3O5/c1-26-20(25)13-8-15(21)19-16(9-13)22-10-17(23-19)24-5-7-27-14(11-24)12-29-18-4-2-3-6-28-18/h8-10,14,18H,2-7,11-12H2,1H3. The Balaban J connectivity index is 1.45. The molecular formula is C20H24BrN3O5. The van der Waals surface area contributed by atoms with Crippen LogP contribution >= 0.6 is 15.9 Å². The molecule has 0 spiro atoms. The van der Waals surface area contributed by atoms with Gasteiger partial charge in [0, 0.05) is 24.2 Å². The third kappa shape index (κ3) is 4.85. The molecule has 2 atom stereocenters. The van der Waals surface area contributed by atoms with E-state index in [0.29, 0.717) is 40.8 Å². The summed E-state index contributed by atoms with van der Waals surface area (Å²) in [6, 6.07) is 3.38. The lowest BCUT2D eigenvalue weighted by Gasteiger charge is -2.34. The van der Waals surface area contributed by atoms with Crippen molar-refractivity contribution in [2.24, 2.45) is 0 Å². The van der Waals surface area contributed by atoms with E-state index >= 15 is 0 Å². The Hall–Kier alpha value is -1.81. The molecule has 2 unspecified atom stereocenters. The highest BCUT2D eigenvalue weighted by molar-refractivity contribution is 9.10. The van der Waals surface area contributed by atoms with Crippen LogP contribution in [0.25, 0.3) is 11.0 Å². The second kappa shape index (κ2) is 9.34. The van der Waals surface area contributed by atoms with E-state index in [9.17, 15) is 4.79 Å². The van der Waals surface area contributed by atoms with E-state index in [-0.39, 0.29) is 12.4 Å². The van der Waals surface area contributed by atoms with Gasteiger partial charge in [0.2, 0.25) is 0 Å². The Bertz CT molecular complexity index is 875. The number of rotatable bonds is 5. The summed E-state index contributed by atoms with van der Waals surface area (Å²) in [4.78, 5) is 23.2. The molecule has 0 amide bonds. The van der Waals surface area contributed by atoms with Crippen LogP contribution < -0.4 is 4.90 Å². The number of methoxy groups -OCH3 is 1. The van der Waals surface area contributed by atoms with Gasteiger partial charge in [-0.15, -0.1) is 0 Å². The number of carbonyl (C=O) groups is 1. The molecule has 2 aliphatic rings. The lowest BCUT2D eigenvalue weighted by molar-refractivity contribution is -0.180. The minimum atomic E-state index is -0.406. The number of nitrogens with zero attached hydrogens (tertiary/aromatic N) is 3.